The molecule has 0 heterocycles. The highest BCUT2D eigenvalue weighted by Crippen LogP contribution is 2.35. The SMILES string of the molecule is CCCCO[C@H]1C[C@H]2C=C[C@@H]1C(=O)C2. The number of Topliss-reactive ketones (excluding diaryl/α,β-unsaturated/α-hetero) is 1. The second-order valence-corrected chi connectivity index (χ2v) is 4.34. The highest BCUT2D eigenvalue weighted by Gasteiger charge is 2.38. The summed E-state index contributed by atoms with van der Waals surface area (Å²) in [4.78, 5) is 11.6. The Morgan fingerprint density at radius 2 is 2.36 bits per heavy atom. The first-order valence-electron chi connectivity index (χ1n) is 5.64. The molecule has 0 unspecified atom stereocenters. The maximum atomic E-state index is 11.6. The highest BCUT2D eigenvalue weighted by molar-refractivity contribution is 5.85. The predicted octanol–water partition coefficient (Wildman–Crippen LogP) is 2.34. The van der Waals surface area contributed by atoms with Crippen LogP contribution >= 0.6 is 0 Å². The van der Waals surface area contributed by atoms with Crippen molar-refractivity contribution < 1.29 is 9.53 Å². The molecule has 3 atom stereocenters. The molecule has 3 rings (SSSR count). The molecule has 2 nitrogen and oxygen atoms in total. The molecule has 0 spiro atoms. The van der Waals surface area contributed by atoms with Crippen LogP contribution in [0.4, 0.5) is 0 Å². The van der Waals surface area contributed by atoms with Crippen molar-refractivity contribution in [2.45, 2.75) is 38.7 Å². The Hall–Kier alpha value is -0.630. The van der Waals surface area contributed by atoms with Crippen LogP contribution < -0.4 is 0 Å². The Labute approximate surface area is 85.3 Å². The molecule has 0 saturated heterocycles. The third-order valence-corrected chi connectivity index (χ3v) is 3.19. The number of ketones is 1. The molecule has 0 amide bonds. The Kier molecular flexibility index (Phi) is 3.02. The van der Waals surface area contributed by atoms with Crippen LogP contribution in [-0.2, 0) is 9.53 Å². The largest absolute Gasteiger partial charge is 0.377 e. The van der Waals surface area contributed by atoms with E-state index < -0.39 is 0 Å². The lowest BCUT2D eigenvalue weighted by molar-refractivity contribution is -0.132. The normalized spacial score (nSPS) is 35.2. The van der Waals surface area contributed by atoms with E-state index in [1.54, 1.807) is 0 Å². The fourth-order valence-electron chi connectivity index (χ4n) is 2.34. The van der Waals surface area contributed by atoms with Crippen LogP contribution in [0.2, 0.25) is 0 Å². The number of unbranched alkanes of at least 4 members (excludes halogenated alkanes) is 1. The number of carbonyl (C=O) groups excluding carboxylic acids is 1. The number of carbonyl (C=O) groups is 1. The van der Waals surface area contributed by atoms with Crippen LogP contribution in [-0.4, -0.2) is 18.5 Å². The predicted molar refractivity (Wildman–Crippen MR) is 55.0 cm³/mol. The molecule has 0 aromatic heterocycles. The molecule has 1 fully saturated rings. The van der Waals surface area contributed by atoms with Gasteiger partial charge in [0.25, 0.3) is 0 Å². The second-order valence-electron chi connectivity index (χ2n) is 4.34. The van der Waals surface area contributed by atoms with Gasteiger partial charge in [0.15, 0.2) is 0 Å². The molecule has 3 aliphatic rings. The quantitative estimate of drug-likeness (QED) is 0.507. The summed E-state index contributed by atoms with van der Waals surface area (Å²) in [6, 6.07) is 0. The maximum Gasteiger partial charge on any atom is 0.142 e. The van der Waals surface area contributed by atoms with Gasteiger partial charge < -0.3 is 4.74 Å². The highest BCUT2D eigenvalue weighted by atomic mass is 16.5. The average molecular weight is 194 g/mol. The minimum Gasteiger partial charge on any atom is -0.377 e. The molecule has 0 radical (unpaired) electrons. The Balaban J connectivity index is 1.89. The second kappa shape index (κ2) is 4.26. The van der Waals surface area contributed by atoms with E-state index in [1.807, 2.05) is 0 Å². The first kappa shape index (κ1) is 9.91. The molecule has 0 N–H and O–H groups in total. The van der Waals surface area contributed by atoms with Crippen molar-refractivity contribution in [3.05, 3.63) is 12.2 Å². The Bertz CT molecular complexity index is 245. The fraction of sp³-hybridized carbons (Fsp3) is 0.750. The third-order valence-electron chi connectivity index (χ3n) is 3.19. The maximum absolute atomic E-state index is 11.6. The molecule has 0 aliphatic heterocycles. The van der Waals surface area contributed by atoms with Gasteiger partial charge in [0.05, 0.1) is 12.0 Å². The van der Waals surface area contributed by atoms with E-state index in [0.717, 1.165) is 32.3 Å². The molecule has 0 aromatic carbocycles. The summed E-state index contributed by atoms with van der Waals surface area (Å²) in [5, 5.41) is 0. The number of hydrogen-bond acceptors (Lipinski definition) is 2. The molecule has 14 heavy (non-hydrogen) atoms. The van der Waals surface area contributed by atoms with Crippen LogP contribution in [0.15, 0.2) is 12.2 Å². The van der Waals surface area contributed by atoms with Gasteiger partial charge in [-0.15, -0.1) is 0 Å². The van der Waals surface area contributed by atoms with E-state index in [4.69, 9.17) is 4.74 Å². The number of hydrogen-bond donors (Lipinski definition) is 0. The van der Waals surface area contributed by atoms with E-state index in [0.29, 0.717) is 11.7 Å². The smallest absolute Gasteiger partial charge is 0.142 e. The summed E-state index contributed by atoms with van der Waals surface area (Å²) < 4.78 is 5.76. The monoisotopic (exact) mass is 194 g/mol. The topological polar surface area (TPSA) is 26.3 Å². The molecule has 2 bridgehead atoms. The Morgan fingerprint density at radius 3 is 3.00 bits per heavy atom. The minimum absolute atomic E-state index is 0.0665. The number of ether oxygens (including phenoxy) is 1. The molecular weight excluding hydrogens is 176 g/mol. The van der Waals surface area contributed by atoms with Gasteiger partial charge in [0.1, 0.15) is 5.78 Å². The summed E-state index contributed by atoms with van der Waals surface area (Å²) >= 11 is 0. The van der Waals surface area contributed by atoms with Gasteiger partial charge in [0, 0.05) is 13.0 Å². The van der Waals surface area contributed by atoms with Crippen molar-refractivity contribution in [3.8, 4) is 0 Å². The zero-order chi connectivity index (χ0) is 9.97. The third kappa shape index (κ3) is 1.90. The lowest BCUT2D eigenvalue weighted by Gasteiger charge is -2.36. The van der Waals surface area contributed by atoms with Crippen molar-refractivity contribution in [2.24, 2.45) is 11.8 Å². The lowest BCUT2D eigenvalue weighted by Crippen LogP contribution is -2.40. The molecule has 2 heteroatoms. The van der Waals surface area contributed by atoms with E-state index in [2.05, 4.69) is 19.1 Å². The zero-order valence-corrected chi connectivity index (χ0v) is 8.74. The van der Waals surface area contributed by atoms with Crippen molar-refractivity contribution in [2.75, 3.05) is 6.61 Å². The van der Waals surface area contributed by atoms with Crippen LogP contribution in [0.5, 0.6) is 0 Å². The molecular formula is C12H18O2. The van der Waals surface area contributed by atoms with Gasteiger partial charge in [-0.2, -0.15) is 0 Å². The van der Waals surface area contributed by atoms with Gasteiger partial charge in [-0.25, -0.2) is 0 Å². The van der Waals surface area contributed by atoms with E-state index >= 15 is 0 Å². The summed E-state index contributed by atoms with van der Waals surface area (Å²) in [5.41, 5.74) is 0. The number of rotatable bonds is 4. The Morgan fingerprint density at radius 1 is 1.50 bits per heavy atom. The van der Waals surface area contributed by atoms with Crippen molar-refractivity contribution >= 4 is 5.78 Å². The number of fused-ring (bicyclic) bond motifs is 2. The van der Waals surface area contributed by atoms with E-state index in [-0.39, 0.29) is 12.0 Å². The average Bonchev–Trinajstić information content (AvgIpc) is 2.18. The van der Waals surface area contributed by atoms with Gasteiger partial charge >= 0.3 is 0 Å². The van der Waals surface area contributed by atoms with Gasteiger partial charge in [0.2, 0.25) is 0 Å². The summed E-state index contributed by atoms with van der Waals surface area (Å²) in [5.74, 6) is 0.904. The van der Waals surface area contributed by atoms with Crippen molar-refractivity contribution in [1.82, 2.24) is 0 Å². The van der Waals surface area contributed by atoms with Crippen LogP contribution in [0.1, 0.15) is 32.6 Å². The number of allylic oxidation sites excluding steroid dienone is 1. The van der Waals surface area contributed by atoms with Gasteiger partial charge in [-0.1, -0.05) is 25.5 Å². The van der Waals surface area contributed by atoms with Crippen LogP contribution in [0.3, 0.4) is 0 Å². The minimum atomic E-state index is 0.0665. The van der Waals surface area contributed by atoms with E-state index in [1.165, 1.54) is 0 Å². The molecule has 0 aromatic rings. The van der Waals surface area contributed by atoms with Gasteiger partial charge in [-0.3, -0.25) is 4.79 Å². The fourth-order valence-corrected chi connectivity index (χ4v) is 2.34. The van der Waals surface area contributed by atoms with Crippen LogP contribution in [0, 0.1) is 11.8 Å². The van der Waals surface area contributed by atoms with Crippen LogP contribution in [0.25, 0.3) is 0 Å². The zero-order valence-electron chi connectivity index (χ0n) is 8.74. The summed E-state index contributed by atoms with van der Waals surface area (Å²) in [7, 11) is 0. The van der Waals surface area contributed by atoms with Gasteiger partial charge in [-0.05, 0) is 18.8 Å². The molecule has 3 aliphatic carbocycles. The van der Waals surface area contributed by atoms with E-state index in [9.17, 15) is 4.79 Å². The van der Waals surface area contributed by atoms with Crippen molar-refractivity contribution in [1.29, 1.82) is 0 Å². The van der Waals surface area contributed by atoms with Crippen molar-refractivity contribution in [3.63, 3.8) is 0 Å². The summed E-state index contributed by atoms with van der Waals surface area (Å²) in [6.07, 6.45) is 8.47. The standard InChI is InChI=1S/C12H18O2/c1-2-3-6-14-12-8-9-4-5-10(12)11(13)7-9/h4-5,9-10,12H,2-3,6-8H2,1H3/t9-,10+,12-/m0/s1. The first-order valence-corrected chi connectivity index (χ1v) is 5.64. The lowest BCUT2D eigenvalue weighted by atomic mass is 9.73. The molecule has 78 valence electrons. The summed E-state index contributed by atoms with van der Waals surface area (Å²) in [6.45, 7) is 2.97. The first-order chi connectivity index (χ1) is 6.81. The molecule has 1 saturated carbocycles.